The van der Waals surface area contributed by atoms with Crippen molar-refractivity contribution in [1.82, 2.24) is 4.98 Å². The molecule has 0 aliphatic heterocycles. The van der Waals surface area contributed by atoms with Gasteiger partial charge in [0.15, 0.2) is 0 Å². The largest absolute Gasteiger partial charge is 0.389 e. The van der Waals surface area contributed by atoms with Crippen molar-refractivity contribution >= 4 is 17.0 Å². The maximum atomic E-state index is 9.44. The van der Waals surface area contributed by atoms with Gasteiger partial charge in [-0.1, -0.05) is 12.1 Å². The van der Waals surface area contributed by atoms with E-state index in [9.17, 15) is 5.11 Å². The van der Waals surface area contributed by atoms with Gasteiger partial charge in [0, 0.05) is 18.1 Å². The molecular formula is C13H16N2OS. The van der Waals surface area contributed by atoms with Crippen molar-refractivity contribution in [3.8, 4) is 0 Å². The average Bonchev–Trinajstić information content (AvgIpc) is 2.82. The molecule has 1 aromatic heterocycles. The van der Waals surface area contributed by atoms with Gasteiger partial charge in [-0.2, -0.15) is 0 Å². The van der Waals surface area contributed by atoms with E-state index in [1.54, 1.807) is 18.3 Å². The van der Waals surface area contributed by atoms with Crippen molar-refractivity contribution in [3.63, 3.8) is 0 Å². The highest BCUT2D eigenvalue weighted by molar-refractivity contribution is 7.07. The van der Waals surface area contributed by atoms with E-state index in [1.807, 2.05) is 36.8 Å². The molecule has 1 heterocycles. The molecule has 90 valence electrons. The Bertz CT molecular complexity index is 451. The first-order valence-corrected chi connectivity index (χ1v) is 6.47. The minimum Gasteiger partial charge on any atom is -0.389 e. The Kier molecular flexibility index (Phi) is 3.76. The Hall–Kier alpha value is -1.39. The molecule has 0 radical (unpaired) electrons. The smallest absolute Gasteiger partial charge is 0.0795 e. The number of thiazole rings is 1. The summed E-state index contributed by atoms with van der Waals surface area (Å²) >= 11 is 1.61. The van der Waals surface area contributed by atoms with Gasteiger partial charge in [0.1, 0.15) is 0 Å². The van der Waals surface area contributed by atoms with E-state index in [-0.39, 0.29) is 0 Å². The van der Waals surface area contributed by atoms with Crippen LogP contribution < -0.4 is 4.90 Å². The second kappa shape index (κ2) is 5.29. The number of aliphatic hydroxyl groups is 1. The normalized spacial score (nSPS) is 12.4. The van der Waals surface area contributed by atoms with E-state index in [0.29, 0.717) is 0 Å². The minimum absolute atomic E-state index is 0.409. The Morgan fingerprint density at radius 1 is 1.35 bits per heavy atom. The second-order valence-electron chi connectivity index (χ2n) is 4.10. The van der Waals surface area contributed by atoms with Gasteiger partial charge < -0.3 is 10.0 Å². The van der Waals surface area contributed by atoms with E-state index in [1.165, 1.54) is 0 Å². The number of hydrogen-bond acceptors (Lipinski definition) is 4. The van der Waals surface area contributed by atoms with Gasteiger partial charge in [-0.25, -0.2) is 4.98 Å². The van der Waals surface area contributed by atoms with Crippen LogP contribution in [0.15, 0.2) is 35.2 Å². The lowest BCUT2D eigenvalue weighted by Gasteiger charge is -2.18. The Labute approximate surface area is 105 Å². The van der Waals surface area contributed by atoms with E-state index in [2.05, 4.69) is 15.3 Å². The van der Waals surface area contributed by atoms with Gasteiger partial charge in [-0.3, -0.25) is 0 Å². The summed E-state index contributed by atoms with van der Waals surface area (Å²) in [7, 11) is 2.04. The predicted octanol–water partition coefficient (Wildman–Crippen LogP) is 2.83. The molecule has 0 saturated heterocycles. The van der Waals surface area contributed by atoms with Crippen LogP contribution in [-0.2, 0) is 6.54 Å². The van der Waals surface area contributed by atoms with Crippen LogP contribution in [-0.4, -0.2) is 17.1 Å². The van der Waals surface area contributed by atoms with Crippen molar-refractivity contribution in [2.45, 2.75) is 19.6 Å². The lowest BCUT2D eigenvalue weighted by atomic mass is 10.1. The maximum absolute atomic E-state index is 9.44. The molecular weight excluding hydrogens is 232 g/mol. The summed E-state index contributed by atoms with van der Waals surface area (Å²) in [5.74, 6) is 0. The van der Waals surface area contributed by atoms with Crippen molar-refractivity contribution in [2.24, 2.45) is 0 Å². The van der Waals surface area contributed by atoms with E-state index < -0.39 is 6.10 Å². The number of hydrogen-bond donors (Lipinski definition) is 1. The van der Waals surface area contributed by atoms with Crippen molar-refractivity contribution in [3.05, 3.63) is 46.4 Å². The molecule has 0 spiro atoms. The summed E-state index contributed by atoms with van der Waals surface area (Å²) in [5.41, 5.74) is 5.00. The molecule has 0 fully saturated rings. The van der Waals surface area contributed by atoms with E-state index >= 15 is 0 Å². The number of anilines is 1. The van der Waals surface area contributed by atoms with Crippen molar-refractivity contribution < 1.29 is 5.11 Å². The molecule has 0 saturated carbocycles. The lowest BCUT2D eigenvalue weighted by molar-refractivity contribution is 0.199. The fraction of sp³-hybridized carbons (Fsp3) is 0.308. The second-order valence-corrected chi connectivity index (χ2v) is 4.82. The first-order valence-electron chi connectivity index (χ1n) is 5.53. The summed E-state index contributed by atoms with van der Waals surface area (Å²) in [6.45, 7) is 2.57. The van der Waals surface area contributed by atoms with Crippen LogP contribution in [0.5, 0.6) is 0 Å². The molecule has 1 atom stereocenters. The monoisotopic (exact) mass is 248 g/mol. The third-order valence-electron chi connectivity index (χ3n) is 2.70. The van der Waals surface area contributed by atoms with Crippen LogP contribution in [0.2, 0.25) is 0 Å². The molecule has 1 unspecified atom stereocenters. The van der Waals surface area contributed by atoms with Gasteiger partial charge in [-0.15, -0.1) is 11.3 Å². The first-order chi connectivity index (χ1) is 8.16. The number of benzene rings is 1. The lowest BCUT2D eigenvalue weighted by Crippen LogP contribution is -2.16. The third-order valence-corrected chi connectivity index (χ3v) is 3.33. The fourth-order valence-corrected chi connectivity index (χ4v) is 2.21. The third kappa shape index (κ3) is 3.05. The predicted molar refractivity (Wildman–Crippen MR) is 71.3 cm³/mol. The van der Waals surface area contributed by atoms with Gasteiger partial charge in [0.25, 0.3) is 0 Å². The summed E-state index contributed by atoms with van der Waals surface area (Å²) in [5, 5.41) is 11.5. The van der Waals surface area contributed by atoms with E-state index in [0.717, 1.165) is 23.5 Å². The highest BCUT2D eigenvalue weighted by Gasteiger charge is 2.05. The SMILES string of the molecule is CC(O)c1ccc(N(C)Cc2cscn2)cc1. The van der Waals surface area contributed by atoms with Crippen LogP contribution in [0.3, 0.4) is 0 Å². The number of nitrogens with zero attached hydrogens (tertiary/aromatic N) is 2. The van der Waals surface area contributed by atoms with Gasteiger partial charge in [-0.05, 0) is 24.6 Å². The molecule has 0 amide bonds. The molecule has 4 heteroatoms. The molecule has 1 N–H and O–H groups in total. The zero-order valence-corrected chi connectivity index (χ0v) is 10.8. The highest BCUT2D eigenvalue weighted by atomic mass is 32.1. The molecule has 0 aliphatic rings. The van der Waals surface area contributed by atoms with Gasteiger partial charge in [0.05, 0.1) is 23.9 Å². The van der Waals surface area contributed by atoms with Crippen LogP contribution in [0.4, 0.5) is 5.69 Å². The molecule has 0 aliphatic carbocycles. The summed E-state index contributed by atoms with van der Waals surface area (Å²) in [4.78, 5) is 6.40. The maximum Gasteiger partial charge on any atom is 0.0795 e. The minimum atomic E-state index is -0.409. The molecule has 17 heavy (non-hydrogen) atoms. The standard InChI is InChI=1S/C13H16N2OS/c1-10(16)11-3-5-13(6-4-11)15(2)7-12-8-17-9-14-12/h3-6,8-10,16H,7H2,1-2H3. The summed E-state index contributed by atoms with van der Waals surface area (Å²) in [6.07, 6.45) is -0.409. The van der Waals surface area contributed by atoms with Gasteiger partial charge >= 0.3 is 0 Å². The van der Waals surface area contributed by atoms with Crippen LogP contribution in [0, 0.1) is 0 Å². The van der Waals surface area contributed by atoms with Gasteiger partial charge in [0.2, 0.25) is 0 Å². The van der Waals surface area contributed by atoms with Crippen LogP contribution >= 0.6 is 11.3 Å². The topological polar surface area (TPSA) is 36.4 Å². The Balaban J connectivity index is 2.06. The average molecular weight is 248 g/mol. The first kappa shape index (κ1) is 12.1. The zero-order valence-electron chi connectivity index (χ0n) is 10.00. The summed E-state index contributed by atoms with van der Waals surface area (Å²) in [6, 6.07) is 7.96. The molecule has 3 nitrogen and oxygen atoms in total. The van der Waals surface area contributed by atoms with Crippen LogP contribution in [0.1, 0.15) is 24.3 Å². The molecule has 0 bridgehead atoms. The molecule has 2 rings (SSSR count). The Morgan fingerprint density at radius 3 is 2.59 bits per heavy atom. The Morgan fingerprint density at radius 2 is 2.06 bits per heavy atom. The number of aliphatic hydroxyl groups excluding tert-OH is 1. The molecule has 1 aromatic carbocycles. The van der Waals surface area contributed by atoms with Crippen molar-refractivity contribution in [1.29, 1.82) is 0 Å². The number of aromatic nitrogens is 1. The highest BCUT2D eigenvalue weighted by Crippen LogP contribution is 2.19. The fourth-order valence-electron chi connectivity index (χ4n) is 1.66. The van der Waals surface area contributed by atoms with Crippen LogP contribution in [0.25, 0.3) is 0 Å². The number of rotatable bonds is 4. The van der Waals surface area contributed by atoms with E-state index in [4.69, 9.17) is 0 Å². The van der Waals surface area contributed by atoms with Crippen molar-refractivity contribution in [2.75, 3.05) is 11.9 Å². The quantitative estimate of drug-likeness (QED) is 0.904. The summed E-state index contributed by atoms with van der Waals surface area (Å²) < 4.78 is 0. The zero-order chi connectivity index (χ0) is 12.3. The molecule has 2 aromatic rings.